The van der Waals surface area contributed by atoms with E-state index in [0.717, 1.165) is 15.4 Å². The van der Waals surface area contributed by atoms with E-state index in [1.807, 2.05) is 41.3 Å². The van der Waals surface area contributed by atoms with Crippen molar-refractivity contribution in [2.45, 2.75) is 6.54 Å². The molecule has 24 heavy (non-hydrogen) atoms. The van der Waals surface area contributed by atoms with Gasteiger partial charge in [0.1, 0.15) is 11.3 Å². The zero-order chi connectivity index (χ0) is 16.5. The monoisotopic (exact) mass is 341 g/mol. The van der Waals surface area contributed by atoms with Crippen LogP contribution in [0.1, 0.15) is 5.56 Å². The van der Waals surface area contributed by atoms with Gasteiger partial charge in [-0.3, -0.25) is 4.79 Å². The summed E-state index contributed by atoms with van der Waals surface area (Å²) in [5.74, 6) is -0.277. The van der Waals surface area contributed by atoms with Crippen LogP contribution in [-0.2, 0) is 11.3 Å². The third kappa shape index (κ3) is 2.85. The van der Waals surface area contributed by atoms with E-state index in [9.17, 15) is 9.18 Å². The van der Waals surface area contributed by atoms with Crippen LogP contribution in [0.15, 0.2) is 48.5 Å². The molecule has 2 heterocycles. The number of hydrogen-bond donors (Lipinski definition) is 1. The Morgan fingerprint density at radius 3 is 2.75 bits per heavy atom. The van der Waals surface area contributed by atoms with Crippen molar-refractivity contribution in [2.75, 3.05) is 18.0 Å². The molecule has 0 saturated carbocycles. The van der Waals surface area contributed by atoms with Gasteiger partial charge < -0.3 is 10.2 Å². The molecule has 6 heteroatoms. The van der Waals surface area contributed by atoms with Gasteiger partial charge in [0.2, 0.25) is 5.91 Å². The van der Waals surface area contributed by atoms with Gasteiger partial charge in [0.15, 0.2) is 5.13 Å². The van der Waals surface area contributed by atoms with Crippen LogP contribution in [0.2, 0.25) is 0 Å². The lowest BCUT2D eigenvalue weighted by Crippen LogP contribution is -2.53. The van der Waals surface area contributed by atoms with Crippen molar-refractivity contribution in [1.82, 2.24) is 10.3 Å². The Morgan fingerprint density at radius 2 is 2.00 bits per heavy atom. The van der Waals surface area contributed by atoms with Gasteiger partial charge in [0.05, 0.1) is 10.6 Å². The Bertz CT molecular complexity index is 874. The van der Waals surface area contributed by atoms with Crippen molar-refractivity contribution in [3.8, 4) is 0 Å². The van der Waals surface area contributed by atoms with Gasteiger partial charge in [-0.1, -0.05) is 47.7 Å². The lowest BCUT2D eigenvalue weighted by atomic mass is 10.00. The SMILES string of the molecule is O=C(NCc1ccccc1)C1CN(c2nc3c(F)cccc3s2)C1. The number of hydrogen-bond acceptors (Lipinski definition) is 4. The lowest BCUT2D eigenvalue weighted by molar-refractivity contribution is -0.125. The normalized spacial score (nSPS) is 14.6. The summed E-state index contributed by atoms with van der Waals surface area (Å²) < 4.78 is 14.5. The van der Waals surface area contributed by atoms with E-state index in [2.05, 4.69) is 10.3 Å². The first-order valence-corrected chi connectivity index (χ1v) is 8.64. The number of nitrogens with one attached hydrogen (secondary N) is 1. The molecule has 0 aliphatic carbocycles. The van der Waals surface area contributed by atoms with E-state index in [1.54, 1.807) is 6.07 Å². The van der Waals surface area contributed by atoms with Gasteiger partial charge in [0, 0.05) is 19.6 Å². The van der Waals surface area contributed by atoms with E-state index < -0.39 is 0 Å². The molecule has 1 amide bonds. The van der Waals surface area contributed by atoms with Crippen LogP contribution >= 0.6 is 11.3 Å². The molecule has 1 aromatic heterocycles. The van der Waals surface area contributed by atoms with Gasteiger partial charge in [-0.25, -0.2) is 9.37 Å². The number of para-hydroxylation sites is 1. The van der Waals surface area contributed by atoms with Gasteiger partial charge in [-0.15, -0.1) is 0 Å². The maximum atomic E-state index is 13.7. The van der Waals surface area contributed by atoms with E-state index in [-0.39, 0.29) is 17.6 Å². The lowest BCUT2D eigenvalue weighted by Gasteiger charge is -2.37. The molecule has 2 aromatic carbocycles. The molecule has 1 aliphatic heterocycles. The van der Waals surface area contributed by atoms with E-state index >= 15 is 0 Å². The zero-order valence-electron chi connectivity index (χ0n) is 12.9. The minimum atomic E-state index is -0.298. The van der Waals surface area contributed by atoms with Crippen LogP contribution in [0, 0.1) is 11.7 Å². The minimum Gasteiger partial charge on any atom is -0.352 e. The van der Waals surface area contributed by atoms with Gasteiger partial charge in [0.25, 0.3) is 0 Å². The number of carbonyl (C=O) groups excluding carboxylic acids is 1. The highest BCUT2D eigenvalue weighted by atomic mass is 32.1. The highest BCUT2D eigenvalue weighted by Crippen LogP contribution is 2.33. The summed E-state index contributed by atoms with van der Waals surface area (Å²) in [6, 6.07) is 14.8. The first-order valence-electron chi connectivity index (χ1n) is 7.82. The molecular weight excluding hydrogens is 325 g/mol. The zero-order valence-corrected chi connectivity index (χ0v) is 13.7. The average Bonchev–Trinajstić information content (AvgIpc) is 2.97. The largest absolute Gasteiger partial charge is 0.352 e. The molecule has 0 unspecified atom stereocenters. The van der Waals surface area contributed by atoms with Crippen LogP contribution in [0.3, 0.4) is 0 Å². The molecular formula is C18H16FN3OS. The highest BCUT2D eigenvalue weighted by Gasteiger charge is 2.34. The predicted octanol–water partition coefficient (Wildman–Crippen LogP) is 3.19. The van der Waals surface area contributed by atoms with Crippen LogP contribution in [0.5, 0.6) is 0 Å². The number of fused-ring (bicyclic) bond motifs is 1. The molecule has 0 bridgehead atoms. The summed E-state index contributed by atoms with van der Waals surface area (Å²) in [6.07, 6.45) is 0. The first kappa shape index (κ1) is 15.1. The Morgan fingerprint density at radius 1 is 1.21 bits per heavy atom. The van der Waals surface area contributed by atoms with Crippen LogP contribution < -0.4 is 10.2 Å². The second-order valence-electron chi connectivity index (χ2n) is 5.89. The number of halogens is 1. The summed E-state index contributed by atoms with van der Waals surface area (Å²) >= 11 is 1.46. The fraction of sp³-hybridized carbons (Fsp3) is 0.222. The maximum Gasteiger partial charge on any atom is 0.226 e. The number of benzene rings is 2. The van der Waals surface area contributed by atoms with Crippen molar-refractivity contribution in [1.29, 1.82) is 0 Å². The summed E-state index contributed by atoms with van der Waals surface area (Å²) in [7, 11) is 0. The number of rotatable bonds is 4. The molecule has 4 rings (SSSR count). The Kier molecular flexibility index (Phi) is 3.90. The van der Waals surface area contributed by atoms with Gasteiger partial charge >= 0.3 is 0 Å². The molecule has 0 radical (unpaired) electrons. The number of aromatic nitrogens is 1. The average molecular weight is 341 g/mol. The first-order chi connectivity index (χ1) is 11.7. The van der Waals surface area contributed by atoms with Crippen LogP contribution in [0.4, 0.5) is 9.52 Å². The smallest absolute Gasteiger partial charge is 0.226 e. The number of amides is 1. The quantitative estimate of drug-likeness (QED) is 0.793. The fourth-order valence-electron chi connectivity index (χ4n) is 2.77. The number of carbonyl (C=O) groups is 1. The molecule has 0 spiro atoms. The van der Waals surface area contributed by atoms with Crippen molar-refractivity contribution < 1.29 is 9.18 Å². The van der Waals surface area contributed by atoms with Gasteiger partial charge in [-0.05, 0) is 17.7 Å². The predicted molar refractivity (Wildman–Crippen MR) is 93.6 cm³/mol. The fourth-order valence-corrected chi connectivity index (χ4v) is 3.77. The topological polar surface area (TPSA) is 45.2 Å². The molecule has 3 aromatic rings. The molecule has 1 N–H and O–H groups in total. The number of nitrogens with zero attached hydrogens (tertiary/aromatic N) is 2. The molecule has 1 aliphatic rings. The Hall–Kier alpha value is -2.47. The molecule has 4 nitrogen and oxygen atoms in total. The third-order valence-electron chi connectivity index (χ3n) is 4.19. The van der Waals surface area contributed by atoms with Crippen molar-refractivity contribution in [3.05, 3.63) is 59.9 Å². The summed E-state index contributed by atoms with van der Waals surface area (Å²) in [6.45, 7) is 1.80. The van der Waals surface area contributed by atoms with Gasteiger partial charge in [-0.2, -0.15) is 0 Å². The van der Waals surface area contributed by atoms with Crippen LogP contribution in [0.25, 0.3) is 10.2 Å². The Balaban J connectivity index is 1.35. The number of anilines is 1. The van der Waals surface area contributed by atoms with E-state index in [1.165, 1.54) is 17.4 Å². The van der Waals surface area contributed by atoms with E-state index in [4.69, 9.17) is 0 Å². The molecule has 0 atom stereocenters. The minimum absolute atomic E-state index is 0.0365. The summed E-state index contributed by atoms with van der Waals surface area (Å²) in [4.78, 5) is 18.6. The molecule has 1 fully saturated rings. The van der Waals surface area contributed by atoms with Crippen molar-refractivity contribution in [3.63, 3.8) is 0 Å². The van der Waals surface area contributed by atoms with Crippen molar-refractivity contribution in [2.24, 2.45) is 5.92 Å². The number of thiazole rings is 1. The highest BCUT2D eigenvalue weighted by molar-refractivity contribution is 7.22. The third-order valence-corrected chi connectivity index (χ3v) is 5.27. The second kappa shape index (κ2) is 6.20. The molecule has 122 valence electrons. The van der Waals surface area contributed by atoms with E-state index in [0.29, 0.717) is 25.2 Å². The van der Waals surface area contributed by atoms with Crippen LogP contribution in [-0.4, -0.2) is 24.0 Å². The summed E-state index contributed by atoms with van der Waals surface area (Å²) in [5.41, 5.74) is 1.50. The maximum absolute atomic E-state index is 13.7. The Labute approximate surface area is 142 Å². The van der Waals surface area contributed by atoms with Crippen molar-refractivity contribution >= 4 is 32.6 Å². The molecule has 1 saturated heterocycles. The summed E-state index contributed by atoms with van der Waals surface area (Å²) in [5, 5.41) is 3.75. The standard InChI is InChI=1S/C18H16FN3OS/c19-14-7-4-8-15-16(14)21-18(24-15)22-10-13(11-22)17(23)20-9-12-5-2-1-3-6-12/h1-8,13H,9-11H2,(H,20,23). The second-order valence-corrected chi connectivity index (χ2v) is 6.90.